The molecule has 0 aliphatic carbocycles. The Kier molecular flexibility index (Phi) is 3.28. The van der Waals surface area contributed by atoms with Crippen molar-refractivity contribution in [2.24, 2.45) is 0 Å². The molecule has 0 saturated heterocycles. The Morgan fingerprint density at radius 2 is 2.42 bits per heavy atom. The Morgan fingerprint density at radius 3 is 2.92 bits per heavy atom. The van der Waals surface area contributed by atoms with Crippen LogP contribution < -0.4 is 0 Å². The van der Waals surface area contributed by atoms with Gasteiger partial charge in [-0.3, -0.25) is 9.66 Å². The van der Waals surface area contributed by atoms with Crippen LogP contribution in [-0.4, -0.2) is 30.5 Å². The maximum atomic E-state index is 10.4. The highest BCUT2D eigenvalue weighted by molar-refractivity contribution is 8.03. The molecule has 0 aliphatic rings. The van der Waals surface area contributed by atoms with E-state index < -0.39 is 7.60 Å². The summed E-state index contributed by atoms with van der Waals surface area (Å²) in [7, 11) is -3.88. The number of nitrogens with one attached hydrogen (secondary N) is 1. The molecule has 0 saturated carbocycles. The number of thioether (sulfide) groups is 1. The second-order valence-electron chi connectivity index (χ2n) is 2.07. The first-order valence-corrected chi connectivity index (χ1v) is 6.00. The Morgan fingerprint density at radius 1 is 1.67 bits per heavy atom. The van der Waals surface area contributed by atoms with Crippen LogP contribution >= 0.6 is 19.4 Å². The Labute approximate surface area is 73.0 Å². The summed E-state index contributed by atoms with van der Waals surface area (Å²) in [4.78, 5) is 20.8. The summed E-state index contributed by atoms with van der Waals surface area (Å²) in [5.41, 5.74) is -0.187. The molecule has 0 radical (unpaired) electrons. The monoisotopic (exact) mass is 209 g/mol. The largest absolute Gasteiger partial charge is 0.335 e. The van der Waals surface area contributed by atoms with Crippen molar-refractivity contribution in [3.05, 3.63) is 12.2 Å². The summed E-state index contributed by atoms with van der Waals surface area (Å²) in [6.07, 6.45) is 1.35. The van der Waals surface area contributed by atoms with Crippen LogP contribution in [0.15, 0.2) is 6.33 Å². The Hall–Kier alpha value is -0.360. The number of rotatable bonds is 4. The first-order chi connectivity index (χ1) is 5.58. The van der Waals surface area contributed by atoms with E-state index in [1.165, 1.54) is 6.33 Å². The van der Waals surface area contributed by atoms with Gasteiger partial charge in [0.05, 0.1) is 11.2 Å². The van der Waals surface area contributed by atoms with E-state index in [0.717, 1.165) is 11.8 Å². The van der Waals surface area contributed by atoms with Crippen molar-refractivity contribution in [2.75, 3.05) is 5.49 Å². The quantitative estimate of drug-likeness (QED) is 0.611. The highest BCUT2D eigenvalue weighted by Gasteiger charge is 2.12. The van der Waals surface area contributed by atoms with Crippen LogP contribution in [0.2, 0.25) is 0 Å². The molecule has 0 bridgehead atoms. The van der Waals surface area contributed by atoms with E-state index in [1.54, 1.807) is 0 Å². The van der Waals surface area contributed by atoms with Crippen molar-refractivity contribution in [1.82, 2.24) is 15.2 Å². The fourth-order valence-electron chi connectivity index (χ4n) is 0.562. The van der Waals surface area contributed by atoms with Crippen LogP contribution in [0, 0.1) is 0 Å². The zero-order chi connectivity index (χ0) is 9.03. The molecule has 0 fully saturated rings. The fourth-order valence-corrected chi connectivity index (χ4v) is 2.21. The third-order valence-electron chi connectivity index (χ3n) is 0.963. The normalized spacial score (nSPS) is 11.8. The van der Waals surface area contributed by atoms with Gasteiger partial charge in [0.15, 0.2) is 0 Å². The lowest BCUT2D eigenvalue weighted by atomic mass is 10.7. The molecule has 12 heavy (non-hydrogen) atoms. The van der Waals surface area contributed by atoms with Crippen molar-refractivity contribution < 1.29 is 14.4 Å². The maximum absolute atomic E-state index is 10.4. The number of aromatic amines is 1. The number of hydrogen-bond acceptors (Lipinski definition) is 4. The highest BCUT2D eigenvalue weighted by atomic mass is 32.2. The summed E-state index contributed by atoms with van der Waals surface area (Å²) < 4.78 is 10.4. The Balaban J connectivity index is 2.24. The molecule has 1 aromatic rings. The van der Waals surface area contributed by atoms with E-state index in [9.17, 15) is 4.57 Å². The smallest absolute Gasteiger partial charge is 0.324 e. The minimum Gasteiger partial charge on any atom is -0.324 e. The molecule has 0 amide bonds. The molecule has 1 rings (SSSR count). The van der Waals surface area contributed by atoms with Crippen LogP contribution in [-0.2, 0) is 10.3 Å². The van der Waals surface area contributed by atoms with Gasteiger partial charge in [-0.25, -0.2) is 4.98 Å². The molecule has 8 heteroatoms. The average Bonchev–Trinajstić information content (AvgIpc) is 2.36. The van der Waals surface area contributed by atoms with Crippen LogP contribution in [0.25, 0.3) is 0 Å². The summed E-state index contributed by atoms with van der Waals surface area (Å²) in [6, 6.07) is 0. The van der Waals surface area contributed by atoms with Gasteiger partial charge in [-0.15, -0.1) is 11.8 Å². The summed E-state index contributed by atoms with van der Waals surface area (Å²) in [5.74, 6) is 1.05. The van der Waals surface area contributed by atoms with Gasteiger partial charge in [-0.1, -0.05) is 0 Å². The predicted molar refractivity (Wildman–Crippen MR) is 44.6 cm³/mol. The second-order valence-corrected chi connectivity index (χ2v) is 5.13. The van der Waals surface area contributed by atoms with Gasteiger partial charge in [-0.05, 0) is 0 Å². The fraction of sp³-hybridized carbons (Fsp3) is 0.500. The minimum atomic E-state index is -3.88. The van der Waals surface area contributed by atoms with Crippen molar-refractivity contribution in [3.63, 3.8) is 0 Å². The zero-order valence-electron chi connectivity index (χ0n) is 6.04. The molecule has 0 aliphatic heterocycles. The van der Waals surface area contributed by atoms with Gasteiger partial charge in [0.2, 0.25) is 0 Å². The van der Waals surface area contributed by atoms with E-state index in [2.05, 4.69) is 15.2 Å². The molecule has 6 nitrogen and oxygen atoms in total. The van der Waals surface area contributed by atoms with E-state index in [4.69, 9.17) is 9.79 Å². The molecular formula is C4H8N3O3PS. The summed E-state index contributed by atoms with van der Waals surface area (Å²) in [5, 5.41) is 6.18. The van der Waals surface area contributed by atoms with Crippen LogP contribution in [0.1, 0.15) is 5.82 Å². The van der Waals surface area contributed by atoms with Crippen molar-refractivity contribution in [1.29, 1.82) is 0 Å². The topological polar surface area (TPSA) is 99.1 Å². The highest BCUT2D eigenvalue weighted by Crippen LogP contribution is 2.39. The summed E-state index contributed by atoms with van der Waals surface area (Å²) in [6.45, 7) is 0. The molecule has 0 atom stereocenters. The van der Waals surface area contributed by atoms with Crippen molar-refractivity contribution in [3.8, 4) is 0 Å². The van der Waals surface area contributed by atoms with Gasteiger partial charge in [-0.2, -0.15) is 5.10 Å². The van der Waals surface area contributed by atoms with Gasteiger partial charge >= 0.3 is 7.60 Å². The molecule has 0 unspecified atom stereocenters. The van der Waals surface area contributed by atoms with Gasteiger partial charge in [0.1, 0.15) is 12.2 Å². The van der Waals surface area contributed by atoms with Gasteiger partial charge in [0, 0.05) is 0 Å². The first kappa shape index (κ1) is 9.73. The van der Waals surface area contributed by atoms with E-state index >= 15 is 0 Å². The third kappa shape index (κ3) is 3.87. The summed E-state index contributed by atoms with van der Waals surface area (Å²) >= 11 is 1.12. The molecule has 1 aromatic heterocycles. The molecule has 3 N–H and O–H groups in total. The lowest BCUT2D eigenvalue weighted by Crippen LogP contribution is -1.87. The van der Waals surface area contributed by atoms with Crippen molar-refractivity contribution >= 4 is 19.4 Å². The second kappa shape index (κ2) is 4.04. The molecule has 68 valence electrons. The Bertz CT molecular complexity index is 271. The minimum absolute atomic E-state index is 0.187. The number of H-pyrrole nitrogens is 1. The van der Waals surface area contributed by atoms with Crippen LogP contribution in [0.3, 0.4) is 0 Å². The maximum Gasteiger partial charge on any atom is 0.335 e. The lowest BCUT2D eigenvalue weighted by Gasteiger charge is -2.00. The SMILES string of the molecule is O=P(O)(O)CSCc1ncn[nH]1. The van der Waals surface area contributed by atoms with E-state index in [0.29, 0.717) is 11.6 Å². The molecule has 0 spiro atoms. The predicted octanol–water partition coefficient (Wildman–Crippen LogP) is 0.173. The van der Waals surface area contributed by atoms with Crippen LogP contribution in [0.5, 0.6) is 0 Å². The molecule has 0 aromatic carbocycles. The van der Waals surface area contributed by atoms with Gasteiger partial charge in [0.25, 0.3) is 0 Å². The van der Waals surface area contributed by atoms with E-state index in [1.807, 2.05) is 0 Å². The average molecular weight is 209 g/mol. The zero-order valence-corrected chi connectivity index (χ0v) is 7.76. The third-order valence-corrected chi connectivity index (χ3v) is 3.52. The first-order valence-electron chi connectivity index (χ1n) is 3.04. The van der Waals surface area contributed by atoms with Crippen LogP contribution in [0.4, 0.5) is 0 Å². The van der Waals surface area contributed by atoms with Crippen molar-refractivity contribution in [2.45, 2.75) is 5.75 Å². The van der Waals surface area contributed by atoms with Gasteiger partial charge < -0.3 is 9.79 Å². The standard InChI is InChI=1S/C4H8N3O3PS/c8-11(9,10)3-12-1-4-5-2-6-7-4/h2H,1,3H2,(H,5,6,7)(H2,8,9,10). The molecule has 1 heterocycles. The number of hydrogen-bond donors (Lipinski definition) is 3. The lowest BCUT2D eigenvalue weighted by molar-refractivity contribution is 0.379. The van der Waals surface area contributed by atoms with E-state index in [-0.39, 0.29) is 5.49 Å². The molecular weight excluding hydrogens is 201 g/mol. The number of aromatic nitrogens is 3. The number of nitrogens with zero attached hydrogens (tertiary/aromatic N) is 2.